The maximum atomic E-state index is 12.6. The van der Waals surface area contributed by atoms with Crippen LogP contribution < -0.4 is 10.6 Å². The number of hydrogen-bond acceptors (Lipinski definition) is 6. The second-order valence-electron chi connectivity index (χ2n) is 6.88. The van der Waals surface area contributed by atoms with Crippen molar-refractivity contribution in [3.63, 3.8) is 0 Å². The summed E-state index contributed by atoms with van der Waals surface area (Å²) in [6.07, 6.45) is 1.42. The molecule has 0 spiro atoms. The molecular weight excluding hydrogens is 414 g/mol. The number of amides is 2. The van der Waals surface area contributed by atoms with Crippen LogP contribution in [0, 0.1) is 17.0 Å². The lowest BCUT2D eigenvalue weighted by Gasteiger charge is -2.10. The number of rotatable bonds is 6. The van der Waals surface area contributed by atoms with E-state index in [1.165, 1.54) is 24.5 Å². The number of carbonyl (C=O) groups excluding carboxylic acids is 2. The van der Waals surface area contributed by atoms with E-state index >= 15 is 0 Å². The number of benzene rings is 2. The maximum Gasteiger partial charge on any atom is 0.291 e. The van der Waals surface area contributed by atoms with Crippen LogP contribution in [0.5, 0.6) is 0 Å². The van der Waals surface area contributed by atoms with Crippen molar-refractivity contribution in [2.24, 2.45) is 0 Å². The van der Waals surface area contributed by atoms with Gasteiger partial charge in [0.2, 0.25) is 0 Å². The summed E-state index contributed by atoms with van der Waals surface area (Å²) < 4.78 is 10.7. The summed E-state index contributed by atoms with van der Waals surface area (Å²) in [6, 6.07) is 17.2. The van der Waals surface area contributed by atoms with E-state index < -0.39 is 10.8 Å². The summed E-state index contributed by atoms with van der Waals surface area (Å²) >= 11 is 0. The van der Waals surface area contributed by atoms with Crippen LogP contribution in [-0.4, -0.2) is 16.7 Å². The molecule has 4 rings (SSSR count). The number of aryl methyl sites for hydroxylation is 1. The summed E-state index contributed by atoms with van der Waals surface area (Å²) in [5.41, 5.74) is 2.44. The molecule has 2 heterocycles. The SMILES string of the molecule is Cc1cc(NC(=O)c2ccc(-c3ccc([N+](=O)[O-])cc3)o2)ccc1NC(=O)c1ccco1. The van der Waals surface area contributed by atoms with Crippen LogP contribution in [-0.2, 0) is 0 Å². The normalized spacial score (nSPS) is 10.5. The first-order valence-electron chi connectivity index (χ1n) is 9.52. The third-order valence-electron chi connectivity index (χ3n) is 4.67. The van der Waals surface area contributed by atoms with Gasteiger partial charge in [0.05, 0.1) is 11.2 Å². The van der Waals surface area contributed by atoms with Gasteiger partial charge in [-0.15, -0.1) is 0 Å². The van der Waals surface area contributed by atoms with Crippen molar-refractivity contribution < 1.29 is 23.3 Å². The first kappa shape index (κ1) is 20.6. The number of furan rings is 2. The minimum Gasteiger partial charge on any atom is -0.459 e. The van der Waals surface area contributed by atoms with Crippen LogP contribution in [0.4, 0.5) is 17.1 Å². The van der Waals surface area contributed by atoms with Gasteiger partial charge >= 0.3 is 0 Å². The molecule has 0 radical (unpaired) electrons. The van der Waals surface area contributed by atoms with Crippen LogP contribution >= 0.6 is 0 Å². The lowest BCUT2D eigenvalue weighted by atomic mass is 10.1. The number of non-ortho nitro benzene ring substituents is 1. The molecule has 0 aliphatic carbocycles. The van der Waals surface area contributed by atoms with Crippen LogP contribution in [0.25, 0.3) is 11.3 Å². The minimum atomic E-state index is -0.486. The number of anilines is 2. The Bertz CT molecular complexity index is 1290. The summed E-state index contributed by atoms with van der Waals surface area (Å²) in [5, 5.41) is 16.3. The van der Waals surface area contributed by atoms with E-state index in [-0.39, 0.29) is 23.1 Å². The molecule has 0 saturated carbocycles. The molecule has 0 fully saturated rings. The highest BCUT2D eigenvalue weighted by molar-refractivity contribution is 6.04. The zero-order valence-corrected chi connectivity index (χ0v) is 16.8. The predicted octanol–water partition coefficient (Wildman–Crippen LogP) is 5.26. The smallest absolute Gasteiger partial charge is 0.291 e. The van der Waals surface area contributed by atoms with Gasteiger partial charge in [-0.1, -0.05) is 0 Å². The largest absolute Gasteiger partial charge is 0.459 e. The molecule has 0 aliphatic heterocycles. The molecule has 0 bridgehead atoms. The van der Waals surface area contributed by atoms with Crippen molar-refractivity contribution in [3.05, 3.63) is 100 Å². The van der Waals surface area contributed by atoms with Crippen molar-refractivity contribution in [2.75, 3.05) is 10.6 Å². The van der Waals surface area contributed by atoms with E-state index in [4.69, 9.17) is 8.83 Å². The highest BCUT2D eigenvalue weighted by Gasteiger charge is 2.15. The number of nitro benzene ring substituents is 1. The number of nitrogens with one attached hydrogen (secondary N) is 2. The van der Waals surface area contributed by atoms with Gasteiger partial charge in [0, 0.05) is 29.1 Å². The monoisotopic (exact) mass is 431 g/mol. The average molecular weight is 431 g/mol. The van der Waals surface area contributed by atoms with Crippen LogP contribution in [0.3, 0.4) is 0 Å². The number of hydrogen-bond donors (Lipinski definition) is 2. The highest BCUT2D eigenvalue weighted by atomic mass is 16.6. The van der Waals surface area contributed by atoms with E-state index in [1.54, 1.807) is 55.5 Å². The summed E-state index contributed by atoms with van der Waals surface area (Å²) in [5.74, 6) is -0.124. The van der Waals surface area contributed by atoms with Gasteiger partial charge in [0.1, 0.15) is 5.76 Å². The first-order valence-corrected chi connectivity index (χ1v) is 9.52. The Balaban J connectivity index is 1.43. The highest BCUT2D eigenvalue weighted by Crippen LogP contribution is 2.26. The molecule has 9 nitrogen and oxygen atoms in total. The van der Waals surface area contributed by atoms with Gasteiger partial charge in [-0.2, -0.15) is 0 Å². The van der Waals surface area contributed by atoms with E-state index in [9.17, 15) is 19.7 Å². The zero-order valence-electron chi connectivity index (χ0n) is 16.8. The molecule has 2 aromatic carbocycles. The first-order chi connectivity index (χ1) is 15.4. The number of nitrogens with zero attached hydrogens (tertiary/aromatic N) is 1. The van der Waals surface area contributed by atoms with Gasteiger partial charge in [0.15, 0.2) is 11.5 Å². The van der Waals surface area contributed by atoms with Crippen molar-refractivity contribution in [3.8, 4) is 11.3 Å². The molecule has 32 heavy (non-hydrogen) atoms. The second kappa shape index (κ2) is 8.60. The predicted molar refractivity (Wildman–Crippen MR) is 117 cm³/mol. The molecule has 160 valence electrons. The lowest BCUT2D eigenvalue weighted by Crippen LogP contribution is -2.13. The number of nitro groups is 1. The maximum absolute atomic E-state index is 12.6. The Hall–Kier alpha value is -4.66. The molecule has 4 aromatic rings. The Labute approximate surface area is 181 Å². The van der Waals surface area contributed by atoms with Crippen molar-refractivity contribution in [2.45, 2.75) is 6.92 Å². The summed E-state index contributed by atoms with van der Waals surface area (Å²) in [7, 11) is 0. The van der Waals surface area contributed by atoms with Crippen molar-refractivity contribution >= 4 is 28.9 Å². The fourth-order valence-electron chi connectivity index (χ4n) is 3.03. The Kier molecular flexibility index (Phi) is 5.54. The van der Waals surface area contributed by atoms with E-state index in [2.05, 4.69) is 10.6 Å². The van der Waals surface area contributed by atoms with Gasteiger partial charge in [-0.05, 0) is 67.1 Å². The molecule has 2 amide bonds. The van der Waals surface area contributed by atoms with Crippen LogP contribution in [0.15, 0.2) is 81.8 Å². The quantitative estimate of drug-likeness (QED) is 0.317. The minimum absolute atomic E-state index is 0.0301. The van der Waals surface area contributed by atoms with Crippen molar-refractivity contribution in [1.82, 2.24) is 0 Å². The van der Waals surface area contributed by atoms with Gasteiger partial charge < -0.3 is 19.5 Å². The Morgan fingerprint density at radius 1 is 0.906 bits per heavy atom. The Morgan fingerprint density at radius 3 is 2.31 bits per heavy atom. The molecule has 0 atom stereocenters. The molecule has 0 unspecified atom stereocenters. The van der Waals surface area contributed by atoms with Gasteiger partial charge in [0.25, 0.3) is 17.5 Å². The van der Waals surface area contributed by atoms with E-state index in [0.29, 0.717) is 22.7 Å². The summed E-state index contributed by atoms with van der Waals surface area (Å²) in [6.45, 7) is 1.80. The Morgan fingerprint density at radius 2 is 1.66 bits per heavy atom. The topological polar surface area (TPSA) is 128 Å². The fraction of sp³-hybridized carbons (Fsp3) is 0.0435. The zero-order chi connectivity index (χ0) is 22.7. The molecule has 9 heteroatoms. The number of carbonyl (C=O) groups is 2. The van der Waals surface area contributed by atoms with Gasteiger partial charge in [-0.25, -0.2) is 0 Å². The average Bonchev–Trinajstić information content (AvgIpc) is 3.48. The molecule has 2 N–H and O–H groups in total. The second-order valence-corrected chi connectivity index (χ2v) is 6.88. The molecule has 2 aromatic heterocycles. The standard InChI is InChI=1S/C23H17N3O6/c1-14-13-16(6-9-18(14)25-22(27)20-3-2-12-31-20)24-23(28)21-11-10-19(32-21)15-4-7-17(8-5-15)26(29)30/h2-13H,1H3,(H,24,28)(H,25,27). The molecule has 0 aliphatic rings. The lowest BCUT2D eigenvalue weighted by molar-refractivity contribution is -0.384. The van der Waals surface area contributed by atoms with E-state index in [1.807, 2.05) is 0 Å². The molecule has 0 saturated heterocycles. The van der Waals surface area contributed by atoms with Crippen LogP contribution in [0.1, 0.15) is 26.7 Å². The van der Waals surface area contributed by atoms with Gasteiger partial charge in [-0.3, -0.25) is 19.7 Å². The molecular formula is C23H17N3O6. The van der Waals surface area contributed by atoms with E-state index in [0.717, 1.165) is 5.56 Å². The fourth-order valence-corrected chi connectivity index (χ4v) is 3.03. The summed E-state index contributed by atoms with van der Waals surface area (Å²) in [4.78, 5) is 35.0. The van der Waals surface area contributed by atoms with Crippen LogP contribution in [0.2, 0.25) is 0 Å². The van der Waals surface area contributed by atoms with Crippen molar-refractivity contribution in [1.29, 1.82) is 0 Å². The third-order valence-corrected chi connectivity index (χ3v) is 4.67. The third kappa shape index (κ3) is 4.41.